The summed E-state index contributed by atoms with van der Waals surface area (Å²) < 4.78 is 5.07. The maximum Gasteiger partial charge on any atom is 0.322 e. The molecule has 1 saturated heterocycles. The maximum atomic E-state index is 5.36. The van der Waals surface area contributed by atoms with Crippen LogP contribution >= 0.6 is 0 Å². The molecule has 1 aliphatic heterocycles. The van der Waals surface area contributed by atoms with E-state index in [4.69, 9.17) is 10.6 Å². The number of rotatable bonds is 3. The minimum absolute atomic E-state index is 0.276. The summed E-state index contributed by atoms with van der Waals surface area (Å²) in [7, 11) is 1.53. The van der Waals surface area contributed by atoms with E-state index in [0.717, 1.165) is 13.0 Å². The van der Waals surface area contributed by atoms with E-state index < -0.39 is 0 Å². The van der Waals surface area contributed by atoms with Crippen molar-refractivity contribution in [2.45, 2.75) is 32.7 Å². The molecule has 0 radical (unpaired) electrons. The van der Waals surface area contributed by atoms with Crippen molar-refractivity contribution in [3.05, 3.63) is 0 Å². The molecular formula is C11H20N6O. The molecule has 1 aromatic rings. The molecule has 7 heteroatoms. The van der Waals surface area contributed by atoms with Crippen LogP contribution in [0.15, 0.2) is 0 Å². The molecule has 2 atom stereocenters. The van der Waals surface area contributed by atoms with Crippen LogP contribution in [0, 0.1) is 5.92 Å². The number of hydrogen-bond donors (Lipinski definition) is 2. The van der Waals surface area contributed by atoms with Crippen LogP contribution in [-0.2, 0) is 0 Å². The molecule has 1 fully saturated rings. The highest BCUT2D eigenvalue weighted by Gasteiger charge is 2.27. The van der Waals surface area contributed by atoms with Gasteiger partial charge in [0, 0.05) is 12.6 Å². The number of nitrogens with zero attached hydrogens (tertiary/aromatic N) is 4. The fraction of sp³-hybridized carbons (Fsp3) is 0.727. The van der Waals surface area contributed by atoms with E-state index >= 15 is 0 Å². The summed E-state index contributed by atoms with van der Waals surface area (Å²) in [6.07, 6.45) is 2.38. The molecule has 2 heterocycles. The van der Waals surface area contributed by atoms with Gasteiger partial charge < -0.3 is 9.64 Å². The molecule has 0 aromatic carbocycles. The zero-order chi connectivity index (χ0) is 13.1. The van der Waals surface area contributed by atoms with Gasteiger partial charge >= 0.3 is 6.01 Å². The first-order chi connectivity index (χ1) is 8.65. The zero-order valence-corrected chi connectivity index (χ0v) is 11.1. The molecule has 2 unspecified atom stereocenters. The Labute approximate surface area is 107 Å². The Hall–Kier alpha value is -1.63. The lowest BCUT2D eigenvalue weighted by molar-refractivity contribution is 0.351. The first kappa shape index (κ1) is 12.8. The standard InChI is InChI=1S/C11H20N6O/c1-7-5-4-6-17(8(7)2)10-13-9(16-12)14-11(15-10)18-3/h7-8H,4-6,12H2,1-3H3,(H,13,14,15,16). The van der Waals surface area contributed by atoms with Crippen molar-refractivity contribution >= 4 is 11.9 Å². The summed E-state index contributed by atoms with van der Waals surface area (Å²) in [6, 6.07) is 0.676. The fourth-order valence-corrected chi connectivity index (χ4v) is 2.25. The topological polar surface area (TPSA) is 89.2 Å². The zero-order valence-electron chi connectivity index (χ0n) is 11.1. The van der Waals surface area contributed by atoms with E-state index in [1.807, 2.05) is 0 Å². The molecule has 0 spiro atoms. The minimum atomic E-state index is 0.276. The van der Waals surface area contributed by atoms with Gasteiger partial charge in [-0.05, 0) is 25.7 Å². The van der Waals surface area contributed by atoms with Gasteiger partial charge in [0.05, 0.1) is 7.11 Å². The maximum absolute atomic E-state index is 5.36. The van der Waals surface area contributed by atoms with Crippen molar-refractivity contribution in [2.75, 3.05) is 24.0 Å². The van der Waals surface area contributed by atoms with Crippen LogP contribution in [0.1, 0.15) is 26.7 Å². The quantitative estimate of drug-likeness (QED) is 0.607. The predicted octanol–water partition coefficient (Wildman–Crippen LogP) is 0.791. The molecule has 1 aliphatic rings. The van der Waals surface area contributed by atoms with Crippen molar-refractivity contribution < 1.29 is 4.74 Å². The average Bonchev–Trinajstić information content (AvgIpc) is 2.41. The van der Waals surface area contributed by atoms with Gasteiger partial charge in [-0.1, -0.05) is 6.92 Å². The Bertz CT molecular complexity index is 390. The van der Waals surface area contributed by atoms with Crippen molar-refractivity contribution in [2.24, 2.45) is 11.8 Å². The number of piperidine rings is 1. The largest absolute Gasteiger partial charge is 0.467 e. The molecule has 1 aromatic heterocycles. The van der Waals surface area contributed by atoms with Gasteiger partial charge in [0.15, 0.2) is 0 Å². The summed E-state index contributed by atoms with van der Waals surface area (Å²) in [4.78, 5) is 14.8. The number of nitrogens with one attached hydrogen (secondary N) is 1. The average molecular weight is 252 g/mol. The number of nitrogens with two attached hydrogens (primary N) is 1. The first-order valence-corrected chi connectivity index (χ1v) is 6.19. The number of anilines is 2. The van der Waals surface area contributed by atoms with Crippen LogP contribution in [0.5, 0.6) is 6.01 Å². The predicted molar refractivity (Wildman–Crippen MR) is 69.4 cm³/mol. The fourth-order valence-electron chi connectivity index (χ4n) is 2.25. The van der Waals surface area contributed by atoms with Crippen LogP contribution in [0.3, 0.4) is 0 Å². The lowest BCUT2D eigenvalue weighted by Gasteiger charge is -2.37. The monoisotopic (exact) mass is 252 g/mol. The van der Waals surface area contributed by atoms with E-state index in [9.17, 15) is 0 Å². The lowest BCUT2D eigenvalue weighted by atomic mass is 9.92. The lowest BCUT2D eigenvalue weighted by Crippen LogP contribution is -2.43. The summed E-state index contributed by atoms with van der Waals surface area (Å²) in [5, 5.41) is 0. The number of ether oxygens (including phenoxy) is 1. The van der Waals surface area contributed by atoms with Gasteiger partial charge in [-0.2, -0.15) is 15.0 Å². The van der Waals surface area contributed by atoms with Gasteiger partial charge in [-0.15, -0.1) is 0 Å². The molecular weight excluding hydrogens is 232 g/mol. The molecule has 7 nitrogen and oxygen atoms in total. The van der Waals surface area contributed by atoms with E-state index in [1.165, 1.54) is 13.5 Å². The Morgan fingerprint density at radius 3 is 2.78 bits per heavy atom. The molecule has 18 heavy (non-hydrogen) atoms. The molecule has 3 N–H and O–H groups in total. The van der Waals surface area contributed by atoms with Gasteiger partial charge in [-0.25, -0.2) is 5.84 Å². The van der Waals surface area contributed by atoms with E-state index in [-0.39, 0.29) is 6.01 Å². The molecule has 100 valence electrons. The molecule has 0 bridgehead atoms. The van der Waals surface area contributed by atoms with E-state index in [1.54, 1.807) is 0 Å². The Morgan fingerprint density at radius 1 is 1.33 bits per heavy atom. The Kier molecular flexibility index (Phi) is 3.81. The normalized spacial score (nSPS) is 23.9. The van der Waals surface area contributed by atoms with Crippen LogP contribution in [0.2, 0.25) is 0 Å². The van der Waals surface area contributed by atoms with Gasteiger partial charge in [0.25, 0.3) is 0 Å². The van der Waals surface area contributed by atoms with Crippen molar-refractivity contribution in [3.63, 3.8) is 0 Å². The SMILES string of the molecule is COc1nc(NN)nc(N2CCCC(C)C2C)n1. The highest BCUT2D eigenvalue weighted by molar-refractivity contribution is 5.39. The van der Waals surface area contributed by atoms with Crippen LogP contribution < -0.4 is 20.9 Å². The molecule has 0 amide bonds. The van der Waals surface area contributed by atoms with Gasteiger partial charge in [0.1, 0.15) is 0 Å². The number of aromatic nitrogens is 3. The third-order valence-corrected chi connectivity index (χ3v) is 3.55. The highest BCUT2D eigenvalue weighted by Crippen LogP contribution is 2.27. The van der Waals surface area contributed by atoms with Crippen molar-refractivity contribution in [3.8, 4) is 6.01 Å². The first-order valence-electron chi connectivity index (χ1n) is 6.19. The smallest absolute Gasteiger partial charge is 0.322 e. The van der Waals surface area contributed by atoms with Crippen LogP contribution in [0.4, 0.5) is 11.9 Å². The second kappa shape index (κ2) is 5.34. The Balaban J connectivity index is 2.31. The summed E-state index contributed by atoms with van der Waals surface area (Å²) in [6.45, 7) is 5.38. The number of nitrogen functional groups attached to an aromatic ring is 1. The van der Waals surface area contributed by atoms with Crippen LogP contribution in [-0.4, -0.2) is 34.6 Å². The highest BCUT2D eigenvalue weighted by atomic mass is 16.5. The Morgan fingerprint density at radius 2 is 2.11 bits per heavy atom. The minimum Gasteiger partial charge on any atom is -0.467 e. The van der Waals surface area contributed by atoms with Crippen molar-refractivity contribution in [1.82, 2.24) is 15.0 Å². The van der Waals surface area contributed by atoms with E-state index in [2.05, 4.69) is 39.1 Å². The summed E-state index contributed by atoms with van der Waals surface area (Å²) in [5.41, 5.74) is 2.44. The van der Waals surface area contributed by atoms with Gasteiger partial charge in [-0.3, -0.25) is 5.43 Å². The van der Waals surface area contributed by atoms with Crippen LogP contribution in [0.25, 0.3) is 0 Å². The molecule has 2 rings (SSSR count). The number of hydrazine groups is 1. The number of methoxy groups -OCH3 is 1. The van der Waals surface area contributed by atoms with Gasteiger partial charge in [0.2, 0.25) is 11.9 Å². The second-order valence-electron chi connectivity index (χ2n) is 4.64. The number of hydrogen-bond acceptors (Lipinski definition) is 7. The summed E-state index contributed by atoms with van der Waals surface area (Å²) >= 11 is 0. The summed E-state index contributed by atoms with van der Waals surface area (Å²) in [5.74, 6) is 6.92. The second-order valence-corrected chi connectivity index (χ2v) is 4.64. The van der Waals surface area contributed by atoms with E-state index in [0.29, 0.717) is 23.9 Å². The van der Waals surface area contributed by atoms with Crippen molar-refractivity contribution in [1.29, 1.82) is 0 Å². The third-order valence-electron chi connectivity index (χ3n) is 3.55. The molecule has 0 saturated carbocycles. The molecule has 0 aliphatic carbocycles. The third kappa shape index (κ3) is 2.45.